The highest BCUT2D eigenvalue weighted by atomic mass is 32.2. The van der Waals surface area contributed by atoms with Crippen LogP contribution in [-0.4, -0.2) is 55.0 Å². The van der Waals surface area contributed by atoms with Gasteiger partial charge in [0.15, 0.2) is 0 Å². The minimum Gasteiger partial charge on any atom is -0.341 e. The maximum absolute atomic E-state index is 13.1. The van der Waals surface area contributed by atoms with Crippen LogP contribution in [0.25, 0.3) is 0 Å². The molecule has 0 spiro atoms. The fraction of sp³-hybridized carbons (Fsp3) is 0.944. The number of carbonyl (C=O) groups is 1. The van der Waals surface area contributed by atoms with Crippen LogP contribution in [0.15, 0.2) is 0 Å². The molecular formula is C18H34N2O3S. The van der Waals surface area contributed by atoms with E-state index in [1.807, 2.05) is 18.7 Å². The van der Waals surface area contributed by atoms with Gasteiger partial charge in [0.05, 0.1) is 5.75 Å². The summed E-state index contributed by atoms with van der Waals surface area (Å²) in [5, 5.41) is 0. The molecule has 2 aliphatic rings. The van der Waals surface area contributed by atoms with Crippen LogP contribution < -0.4 is 0 Å². The second-order valence-electron chi connectivity index (χ2n) is 8.79. The minimum absolute atomic E-state index is 0.00466. The smallest absolute Gasteiger partial charge is 0.241 e. The van der Waals surface area contributed by atoms with Crippen LogP contribution in [0, 0.1) is 17.3 Å². The normalized spacial score (nSPS) is 27.2. The third-order valence-corrected chi connectivity index (χ3v) is 7.53. The van der Waals surface area contributed by atoms with Gasteiger partial charge in [-0.1, -0.05) is 34.6 Å². The number of carbonyl (C=O) groups excluding carboxylic acids is 1. The lowest BCUT2D eigenvalue weighted by atomic mass is 9.77. The van der Waals surface area contributed by atoms with Crippen LogP contribution in [-0.2, 0) is 14.8 Å². The Kier molecular flexibility index (Phi) is 6.01. The van der Waals surface area contributed by atoms with Gasteiger partial charge in [-0.05, 0) is 42.9 Å². The zero-order chi connectivity index (χ0) is 18.1. The third kappa shape index (κ3) is 4.31. The van der Waals surface area contributed by atoms with Gasteiger partial charge in [-0.3, -0.25) is 4.79 Å². The molecular weight excluding hydrogens is 324 g/mol. The first kappa shape index (κ1) is 19.7. The van der Waals surface area contributed by atoms with Crippen LogP contribution in [0.4, 0.5) is 0 Å². The van der Waals surface area contributed by atoms with Gasteiger partial charge < -0.3 is 4.90 Å². The standard InChI is InChI=1S/C18H34N2O3S/c1-14(2)16(20-11-7-13-24(20,22)23)17(21)19-10-6-8-15(9-12-19)18(3,4)5/h14-16H,6-13H2,1-5H3/t15-,16+/m0/s1. The zero-order valence-electron chi connectivity index (χ0n) is 15.9. The minimum atomic E-state index is -3.27. The molecule has 0 aromatic rings. The van der Waals surface area contributed by atoms with Gasteiger partial charge >= 0.3 is 0 Å². The van der Waals surface area contributed by atoms with Crippen molar-refractivity contribution in [2.75, 3.05) is 25.4 Å². The van der Waals surface area contributed by atoms with E-state index < -0.39 is 16.1 Å². The van der Waals surface area contributed by atoms with Crippen molar-refractivity contribution in [1.29, 1.82) is 0 Å². The van der Waals surface area contributed by atoms with Crippen LogP contribution in [0.5, 0.6) is 0 Å². The van der Waals surface area contributed by atoms with Crippen molar-refractivity contribution < 1.29 is 13.2 Å². The third-order valence-electron chi connectivity index (χ3n) is 5.60. The summed E-state index contributed by atoms with van der Waals surface area (Å²) < 4.78 is 26.1. The van der Waals surface area contributed by atoms with Crippen LogP contribution >= 0.6 is 0 Å². The highest BCUT2D eigenvalue weighted by Crippen LogP contribution is 2.35. The molecule has 5 nitrogen and oxygen atoms in total. The number of rotatable bonds is 3. The quantitative estimate of drug-likeness (QED) is 0.779. The molecule has 0 aliphatic carbocycles. The lowest BCUT2D eigenvalue weighted by Gasteiger charge is -2.34. The molecule has 2 saturated heterocycles. The Hall–Kier alpha value is -0.620. The van der Waals surface area contributed by atoms with Gasteiger partial charge in [-0.25, -0.2) is 8.42 Å². The van der Waals surface area contributed by atoms with Gasteiger partial charge in [0.25, 0.3) is 0 Å². The van der Waals surface area contributed by atoms with Gasteiger partial charge in [0.2, 0.25) is 15.9 Å². The maximum atomic E-state index is 13.1. The van der Waals surface area contributed by atoms with Crippen molar-refractivity contribution in [1.82, 2.24) is 9.21 Å². The van der Waals surface area contributed by atoms with E-state index in [0.717, 1.165) is 32.4 Å². The molecule has 140 valence electrons. The van der Waals surface area contributed by atoms with Gasteiger partial charge in [-0.2, -0.15) is 4.31 Å². The average molecular weight is 359 g/mol. The zero-order valence-corrected chi connectivity index (χ0v) is 16.7. The molecule has 6 heteroatoms. The first-order valence-corrected chi connectivity index (χ1v) is 10.9. The first-order valence-electron chi connectivity index (χ1n) is 9.32. The Balaban J connectivity index is 2.13. The largest absolute Gasteiger partial charge is 0.341 e. The molecule has 2 fully saturated rings. The monoisotopic (exact) mass is 358 g/mol. The molecule has 0 radical (unpaired) electrons. The summed E-state index contributed by atoms with van der Waals surface area (Å²) in [4.78, 5) is 15.1. The molecule has 0 bridgehead atoms. The number of hydrogen-bond donors (Lipinski definition) is 0. The highest BCUT2D eigenvalue weighted by molar-refractivity contribution is 7.89. The summed E-state index contributed by atoms with van der Waals surface area (Å²) >= 11 is 0. The molecule has 0 N–H and O–H groups in total. The number of likely N-dealkylation sites (tertiary alicyclic amines) is 1. The molecule has 0 unspecified atom stereocenters. The van der Waals surface area contributed by atoms with Gasteiger partial charge in [0, 0.05) is 19.6 Å². The van der Waals surface area contributed by atoms with E-state index in [1.165, 1.54) is 4.31 Å². The van der Waals surface area contributed by atoms with E-state index in [2.05, 4.69) is 20.8 Å². The van der Waals surface area contributed by atoms with E-state index in [9.17, 15) is 13.2 Å². The first-order chi connectivity index (χ1) is 11.0. The molecule has 2 heterocycles. The molecule has 0 saturated carbocycles. The Morgan fingerprint density at radius 2 is 1.71 bits per heavy atom. The summed E-state index contributed by atoms with van der Waals surface area (Å²) in [5.74, 6) is 0.788. The maximum Gasteiger partial charge on any atom is 0.241 e. The van der Waals surface area contributed by atoms with Crippen molar-refractivity contribution in [3.8, 4) is 0 Å². The summed E-state index contributed by atoms with van der Waals surface area (Å²) in [6.07, 6.45) is 3.78. The van der Waals surface area contributed by atoms with Crippen molar-refractivity contribution >= 4 is 15.9 Å². The van der Waals surface area contributed by atoms with E-state index in [0.29, 0.717) is 18.9 Å². The summed E-state index contributed by atoms with van der Waals surface area (Å²) in [5.41, 5.74) is 0.259. The summed E-state index contributed by atoms with van der Waals surface area (Å²) in [6, 6.07) is -0.538. The van der Waals surface area contributed by atoms with Gasteiger partial charge in [-0.15, -0.1) is 0 Å². The second-order valence-corrected chi connectivity index (χ2v) is 10.8. The molecule has 24 heavy (non-hydrogen) atoms. The van der Waals surface area contributed by atoms with E-state index >= 15 is 0 Å². The fourth-order valence-corrected chi connectivity index (χ4v) is 5.90. The van der Waals surface area contributed by atoms with Crippen molar-refractivity contribution in [2.24, 2.45) is 17.3 Å². The van der Waals surface area contributed by atoms with Crippen LogP contribution in [0.3, 0.4) is 0 Å². The average Bonchev–Trinajstić information content (AvgIpc) is 2.66. The van der Waals surface area contributed by atoms with Crippen LogP contribution in [0.2, 0.25) is 0 Å². The topological polar surface area (TPSA) is 57.7 Å². The predicted molar refractivity (Wildman–Crippen MR) is 97.1 cm³/mol. The summed E-state index contributed by atoms with van der Waals surface area (Å²) in [7, 11) is -3.27. The van der Waals surface area contributed by atoms with E-state index in [1.54, 1.807) is 0 Å². The van der Waals surface area contributed by atoms with E-state index in [4.69, 9.17) is 0 Å². The van der Waals surface area contributed by atoms with Crippen LogP contribution in [0.1, 0.15) is 60.3 Å². The van der Waals surface area contributed by atoms with Crippen molar-refractivity contribution in [3.63, 3.8) is 0 Å². The van der Waals surface area contributed by atoms with Crippen molar-refractivity contribution in [2.45, 2.75) is 66.3 Å². The van der Waals surface area contributed by atoms with Crippen molar-refractivity contribution in [3.05, 3.63) is 0 Å². The number of amides is 1. The molecule has 0 aromatic heterocycles. The number of sulfonamides is 1. The Morgan fingerprint density at radius 1 is 1.04 bits per heavy atom. The SMILES string of the molecule is CC(C)[C@H](C(=O)N1CCC[C@H](C(C)(C)C)CC1)N1CCCS1(=O)=O. The molecule has 1 amide bonds. The summed E-state index contributed by atoms with van der Waals surface area (Å²) in [6.45, 7) is 12.7. The number of hydrogen-bond acceptors (Lipinski definition) is 3. The second kappa shape index (κ2) is 7.32. The lowest BCUT2D eigenvalue weighted by Crippen LogP contribution is -2.52. The highest BCUT2D eigenvalue weighted by Gasteiger charge is 2.42. The molecule has 2 rings (SSSR count). The fourth-order valence-electron chi connectivity index (χ4n) is 4.08. The Morgan fingerprint density at radius 3 is 2.21 bits per heavy atom. The molecule has 2 atom stereocenters. The Labute approximate surface area is 147 Å². The van der Waals surface area contributed by atoms with E-state index in [-0.39, 0.29) is 23.0 Å². The number of nitrogens with zero attached hydrogens (tertiary/aromatic N) is 2. The molecule has 2 aliphatic heterocycles. The Bertz CT molecular complexity index is 551. The predicted octanol–water partition coefficient (Wildman–Crippen LogP) is 2.72. The molecule has 0 aromatic carbocycles. The lowest BCUT2D eigenvalue weighted by molar-refractivity contribution is -0.136. The van der Waals surface area contributed by atoms with Gasteiger partial charge in [0.1, 0.15) is 6.04 Å².